The summed E-state index contributed by atoms with van der Waals surface area (Å²) in [5.41, 5.74) is 8.42. The van der Waals surface area contributed by atoms with Crippen molar-refractivity contribution in [3.8, 4) is 0 Å². The van der Waals surface area contributed by atoms with E-state index in [-0.39, 0.29) is 0 Å². The summed E-state index contributed by atoms with van der Waals surface area (Å²) in [4.78, 5) is 10.5. The highest BCUT2D eigenvalue weighted by molar-refractivity contribution is 5.88. The molecule has 0 aromatic heterocycles. The molecule has 1 aliphatic carbocycles. The molecule has 0 aromatic carbocycles. The molecule has 0 radical (unpaired) electrons. The second kappa shape index (κ2) is 5.62. The van der Waals surface area contributed by atoms with Gasteiger partial charge in [0, 0.05) is 5.71 Å². The van der Waals surface area contributed by atoms with Gasteiger partial charge in [-0.1, -0.05) is 19.8 Å². The first-order valence-corrected chi connectivity index (χ1v) is 5.36. The van der Waals surface area contributed by atoms with Gasteiger partial charge in [-0.15, -0.1) is 0 Å². The van der Waals surface area contributed by atoms with Crippen LogP contribution in [-0.2, 0) is 0 Å². The lowest BCUT2D eigenvalue weighted by Crippen LogP contribution is -2.29. The van der Waals surface area contributed by atoms with E-state index >= 15 is 0 Å². The summed E-state index contributed by atoms with van der Waals surface area (Å²) in [6.45, 7) is 2.17. The molecule has 3 N–H and O–H groups in total. The van der Waals surface area contributed by atoms with E-state index in [9.17, 15) is 4.79 Å². The second-order valence-corrected chi connectivity index (χ2v) is 3.81. The van der Waals surface area contributed by atoms with Gasteiger partial charge < -0.3 is 5.73 Å². The van der Waals surface area contributed by atoms with Crippen LogP contribution in [0.15, 0.2) is 5.10 Å². The van der Waals surface area contributed by atoms with Crippen LogP contribution in [0.3, 0.4) is 0 Å². The van der Waals surface area contributed by atoms with Gasteiger partial charge in [0.15, 0.2) is 0 Å². The van der Waals surface area contributed by atoms with Gasteiger partial charge >= 0.3 is 6.03 Å². The van der Waals surface area contributed by atoms with Gasteiger partial charge in [-0.3, -0.25) is 0 Å². The fourth-order valence-electron chi connectivity index (χ4n) is 2.00. The average molecular weight is 197 g/mol. The zero-order chi connectivity index (χ0) is 10.4. The predicted molar refractivity (Wildman–Crippen MR) is 57.0 cm³/mol. The second-order valence-electron chi connectivity index (χ2n) is 3.81. The van der Waals surface area contributed by atoms with Crippen molar-refractivity contribution in [3.63, 3.8) is 0 Å². The Morgan fingerprint density at radius 3 is 3.07 bits per heavy atom. The number of hydrazone groups is 1. The summed E-state index contributed by atoms with van der Waals surface area (Å²) in [6.07, 6.45) is 7.00. The third kappa shape index (κ3) is 3.36. The standard InChI is InChI=1S/C10H19N3O/c1-2-5-8-6-3-4-7-9(8)12-13-10(11)14/h8H,2-7H2,1H3,(H3,11,13,14)/b12-9-. The lowest BCUT2D eigenvalue weighted by atomic mass is 9.84. The summed E-state index contributed by atoms with van der Waals surface area (Å²) in [5.74, 6) is 0.556. The Kier molecular flexibility index (Phi) is 4.43. The molecule has 2 amide bonds. The van der Waals surface area contributed by atoms with E-state index in [2.05, 4.69) is 17.5 Å². The van der Waals surface area contributed by atoms with E-state index in [1.54, 1.807) is 0 Å². The van der Waals surface area contributed by atoms with Crippen LogP contribution in [-0.4, -0.2) is 11.7 Å². The number of hydrogen-bond acceptors (Lipinski definition) is 2. The summed E-state index contributed by atoms with van der Waals surface area (Å²) >= 11 is 0. The van der Waals surface area contributed by atoms with Crippen molar-refractivity contribution in [1.29, 1.82) is 0 Å². The molecule has 0 heterocycles. The maximum atomic E-state index is 10.5. The smallest absolute Gasteiger partial charge is 0.332 e. The Bertz CT molecular complexity index is 223. The van der Waals surface area contributed by atoms with Gasteiger partial charge in [0.2, 0.25) is 0 Å². The molecule has 4 nitrogen and oxygen atoms in total. The van der Waals surface area contributed by atoms with Crippen LogP contribution >= 0.6 is 0 Å². The van der Waals surface area contributed by atoms with Crippen LogP contribution in [0.4, 0.5) is 4.79 Å². The Hall–Kier alpha value is -1.06. The predicted octanol–water partition coefficient (Wildman–Crippen LogP) is 2.00. The molecule has 0 spiro atoms. The number of amides is 2. The monoisotopic (exact) mass is 197 g/mol. The van der Waals surface area contributed by atoms with Gasteiger partial charge in [0.1, 0.15) is 0 Å². The van der Waals surface area contributed by atoms with Crippen LogP contribution in [0.25, 0.3) is 0 Å². The van der Waals surface area contributed by atoms with E-state index in [0.717, 1.165) is 12.1 Å². The lowest BCUT2D eigenvalue weighted by molar-refractivity contribution is 0.249. The minimum atomic E-state index is -0.571. The van der Waals surface area contributed by atoms with Crippen molar-refractivity contribution in [1.82, 2.24) is 5.43 Å². The molecule has 0 aliphatic heterocycles. The fourth-order valence-corrected chi connectivity index (χ4v) is 2.00. The minimum Gasteiger partial charge on any atom is -0.350 e. The third-order valence-corrected chi connectivity index (χ3v) is 2.65. The molecule has 4 heteroatoms. The average Bonchev–Trinajstić information content (AvgIpc) is 2.17. The van der Waals surface area contributed by atoms with Crippen LogP contribution in [0.1, 0.15) is 45.4 Å². The highest BCUT2D eigenvalue weighted by Gasteiger charge is 2.19. The van der Waals surface area contributed by atoms with Crippen molar-refractivity contribution in [2.45, 2.75) is 45.4 Å². The zero-order valence-electron chi connectivity index (χ0n) is 8.75. The van der Waals surface area contributed by atoms with Crippen molar-refractivity contribution in [2.75, 3.05) is 0 Å². The first-order valence-electron chi connectivity index (χ1n) is 5.36. The zero-order valence-corrected chi connectivity index (χ0v) is 8.75. The molecule has 1 fully saturated rings. The normalized spacial score (nSPS) is 24.9. The topological polar surface area (TPSA) is 67.5 Å². The molecular formula is C10H19N3O. The third-order valence-electron chi connectivity index (χ3n) is 2.65. The minimum absolute atomic E-state index is 0.556. The molecule has 1 aliphatic rings. The number of hydrogen-bond donors (Lipinski definition) is 2. The molecule has 14 heavy (non-hydrogen) atoms. The maximum Gasteiger partial charge on any atom is 0.332 e. The molecule has 0 saturated heterocycles. The van der Waals surface area contributed by atoms with Crippen molar-refractivity contribution in [3.05, 3.63) is 0 Å². The van der Waals surface area contributed by atoms with E-state index < -0.39 is 6.03 Å². The van der Waals surface area contributed by atoms with E-state index in [1.165, 1.54) is 32.1 Å². The molecule has 1 unspecified atom stereocenters. The van der Waals surface area contributed by atoms with Crippen LogP contribution in [0.5, 0.6) is 0 Å². The number of rotatable bonds is 3. The van der Waals surface area contributed by atoms with Gasteiger partial charge in [-0.25, -0.2) is 10.2 Å². The first-order chi connectivity index (χ1) is 6.74. The molecule has 1 saturated carbocycles. The summed E-state index contributed by atoms with van der Waals surface area (Å²) in [6, 6.07) is -0.571. The number of nitrogens with one attached hydrogen (secondary N) is 1. The Labute approximate surface area is 84.9 Å². The van der Waals surface area contributed by atoms with Crippen LogP contribution in [0.2, 0.25) is 0 Å². The Morgan fingerprint density at radius 1 is 1.64 bits per heavy atom. The summed E-state index contributed by atoms with van der Waals surface area (Å²) < 4.78 is 0. The van der Waals surface area contributed by atoms with Crippen molar-refractivity contribution in [2.24, 2.45) is 16.8 Å². The molecule has 80 valence electrons. The number of primary amides is 1. The number of nitrogens with two attached hydrogens (primary N) is 1. The van der Waals surface area contributed by atoms with E-state index in [0.29, 0.717) is 5.92 Å². The number of carbonyl (C=O) groups excluding carboxylic acids is 1. The molecule has 0 bridgehead atoms. The van der Waals surface area contributed by atoms with E-state index in [4.69, 9.17) is 5.73 Å². The van der Waals surface area contributed by atoms with Gasteiger partial charge in [0.05, 0.1) is 0 Å². The van der Waals surface area contributed by atoms with Gasteiger partial charge in [-0.05, 0) is 31.6 Å². The fraction of sp³-hybridized carbons (Fsp3) is 0.800. The summed E-state index contributed by atoms with van der Waals surface area (Å²) in [5, 5.41) is 4.07. The van der Waals surface area contributed by atoms with Crippen molar-refractivity contribution < 1.29 is 4.79 Å². The molecular weight excluding hydrogens is 178 g/mol. The van der Waals surface area contributed by atoms with E-state index in [1.807, 2.05) is 0 Å². The quantitative estimate of drug-likeness (QED) is 0.667. The Morgan fingerprint density at radius 2 is 2.43 bits per heavy atom. The molecule has 0 aromatic rings. The van der Waals surface area contributed by atoms with Crippen molar-refractivity contribution >= 4 is 11.7 Å². The highest BCUT2D eigenvalue weighted by atomic mass is 16.2. The molecule has 1 rings (SSSR count). The number of carbonyl (C=O) groups is 1. The van der Waals surface area contributed by atoms with Crippen LogP contribution < -0.4 is 11.2 Å². The number of urea groups is 1. The largest absolute Gasteiger partial charge is 0.350 e. The maximum absolute atomic E-state index is 10.5. The lowest BCUT2D eigenvalue weighted by Gasteiger charge is -2.23. The number of nitrogens with zero attached hydrogens (tertiary/aromatic N) is 1. The Balaban J connectivity index is 2.52. The van der Waals surface area contributed by atoms with Gasteiger partial charge in [0.25, 0.3) is 0 Å². The molecule has 1 atom stereocenters. The SMILES string of the molecule is CCCC1CCCC/C1=N/NC(N)=O. The van der Waals surface area contributed by atoms with Crippen LogP contribution in [0, 0.1) is 5.92 Å². The summed E-state index contributed by atoms with van der Waals surface area (Å²) in [7, 11) is 0. The first kappa shape index (κ1) is 11.0. The van der Waals surface area contributed by atoms with Gasteiger partial charge in [-0.2, -0.15) is 5.10 Å². The highest BCUT2D eigenvalue weighted by Crippen LogP contribution is 2.25.